The lowest BCUT2D eigenvalue weighted by Crippen LogP contribution is -2.27. The number of carboxylic acid groups (broad SMARTS) is 1. The van der Waals surface area contributed by atoms with Crippen molar-refractivity contribution in [2.45, 2.75) is 32.5 Å². The maximum absolute atomic E-state index is 14.6. The molecule has 0 spiro atoms. The van der Waals surface area contributed by atoms with Crippen LogP contribution in [0.1, 0.15) is 53.2 Å². The first kappa shape index (κ1) is 25.0. The van der Waals surface area contributed by atoms with Gasteiger partial charge in [0.15, 0.2) is 11.5 Å². The summed E-state index contributed by atoms with van der Waals surface area (Å²) in [6, 6.07) is 4.49. The summed E-state index contributed by atoms with van der Waals surface area (Å²) in [5, 5.41) is 12.5. The van der Waals surface area contributed by atoms with Gasteiger partial charge < -0.3 is 15.3 Å². The van der Waals surface area contributed by atoms with E-state index in [1.807, 2.05) is 6.92 Å². The van der Waals surface area contributed by atoms with Crippen LogP contribution in [0, 0.1) is 11.6 Å². The number of fused-ring (bicyclic) bond motifs is 2. The summed E-state index contributed by atoms with van der Waals surface area (Å²) >= 11 is 9.16. The summed E-state index contributed by atoms with van der Waals surface area (Å²) in [4.78, 5) is 39.5. The van der Waals surface area contributed by atoms with E-state index in [4.69, 9.17) is 16.6 Å². The lowest BCUT2D eigenvalue weighted by atomic mass is 10.1. The Labute approximate surface area is 221 Å². The van der Waals surface area contributed by atoms with E-state index in [1.165, 1.54) is 24.3 Å². The van der Waals surface area contributed by atoms with Crippen molar-refractivity contribution in [2.75, 3.05) is 10.2 Å². The summed E-state index contributed by atoms with van der Waals surface area (Å²) in [6.45, 7) is 3.80. The van der Waals surface area contributed by atoms with Crippen LogP contribution < -0.4 is 15.8 Å². The third-order valence-electron chi connectivity index (χ3n) is 6.19. The Kier molecular flexibility index (Phi) is 6.32. The van der Waals surface area contributed by atoms with Gasteiger partial charge in [-0.1, -0.05) is 11.6 Å². The van der Waals surface area contributed by atoms with Gasteiger partial charge in [-0.3, -0.25) is 14.2 Å². The van der Waals surface area contributed by atoms with Crippen LogP contribution in [0.25, 0.3) is 5.65 Å². The molecule has 2 atom stereocenters. The molecule has 37 heavy (non-hydrogen) atoms. The van der Waals surface area contributed by atoms with Gasteiger partial charge >= 0.3 is 5.97 Å². The number of aromatic carboxylic acids is 1. The fourth-order valence-corrected chi connectivity index (χ4v) is 5.11. The number of hydrogen-bond donors (Lipinski definition) is 2. The lowest BCUT2D eigenvalue weighted by Gasteiger charge is -2.25. The topological polar surface area (TPSA) is 113 Å². The summed E-state index contributed by atoms with van der Waals surface area (Å²) in [5.41, 5.74) is 1.10. The molecular formula is C24H18BrClF2N6O3. The van der Waals surface area contributed by atoms with E-state index in [2.05, 4.69) is 31.2 Å². The second-order valence-corrected chi connectivity index (χ2v) is 9.75. The van der Waals surface area contributed by atoms with Crippen LogP contribution in [0.5, 0.6) is 0 Å². The highest BCUT2D eigenvalue weighted by atomic mass is 79.9. The zero-order valence-corrected chi connectivity index (χ0v) is 21.7. The van der Waals surface area contributed by atoms with E-state index >= 15 is 0 Å². The maximum atomic E-state index is 14.6. The molecule has 4 aromatic heterocycles. The minimum absolute atomic E-state index is 0.00428. The number of hydrogen-bond acceptors (Lipinski definition) is 7. The number of pyridine rings is 3. The zero-order valence-electron chi connectivity index (χ0n) is 19.3. The van der Waals surface area contributed by atoms with E-state index in [1.54, 1.807) is 11.8 Å². The van der Waals surface area contributed by atoms with Crippen molar-refractivity contribution in [1.29, 1.82) is 0 Å². The van der Waals surface area contributed by atoms with Crippen molar-refractivity contribution in [2.24, 2.45) is 0 Å². The van der Waals surface area contributed by atoms with Crippen LogP contribution >= 0.6 is 27.5 Å². The van der Waals surface area contributed by atoms with Crippen LogP contribution in [0.3, 0.4) is 0 Å². The first-order valence-corrected chi connectivity index (χ1v) is 12.2. The maximum Gasteiger partial charge on any atom is 0.356 e. The smallest absolute Gasteiger partial charge is 0.356 e. The van der Waals surface area contributed by atoms with Gasteiger partial charge in [-0.15, -0.1) is 0 Å². The van der Waals surface area contributed by atoms with Gasteiger partial charge in [0, 0.05) is 18.3 Å². The van der Waals surface area contributed by atoms with Gasteiger partial charge in [0.05, 0.1) is 29.7 Å². The van der Waals surface area contributed by atoms with E-state index < -0.39 is 29.2 Å². The number of halogens is 4. The van der Waals surface area contributed by atoms with Gasteiger partial charge in [-0.25, -0.2) is 23.5 Å². The first-order valence-electron chi connectivity index (χ1n) is 11.0. The average molecular weight is 592 g/mol. The molecule has 0 amide bonds. The molecule has 0 saturated heterocycles. The van der Waals surface area contributed by atoms with E-state index in [0.29, 0.717) is 16.8 Å². The van der Waals surface area contributed by atoms with Crippen molar-refractivity contribution >= 4 is 50.7 Å². The van der Waals surface area contributed by atoms with Crippen LogP contribution in [-0.4, -0.2) is 30.4 Å². The second kappa shape index (κ2) is 9.34. The highest BCUT2D eigenvalue weighted by Crippen LogP contribution is 2.38. The second-order valence-electron chi connectivity index (χ2n) is 8.56. The van der Waals surface area contributed by atoms with Crippen molar-refractivity contribution in [3.05, 3.63) is 90.8 Å². The molecular weight excluding hydrogens is 574 g/mol. The predicted molar refractivity (Wildman–Crippen MR) is 136 cm³/mol. The summed E-state index contributed by atoms with van der Waals surface area (Å²) in [7, 11) is 0. The minimum Gasteiger partial charge on any atom is -0.476 e. The van der Waals surface area contributed by atoms with Crippen LogP contribution in [-0.2, 0) is 6.54 Å². The molecule has 0 radical (unpaired) electrons. The molecule has 1 aliphatic heterocycles. The Morgan fingerprint density at radius 3 is 2.76 bits per heavy atom. The number of carboxylic acids is 1. The van der Waals surface area contributed by atoms with E-state index in [-0.39, 0.29) is 45.1 Å². The van der Waals surface area contributed by atoms with Gasteiger partial charge in [0.25, 0.3) is 5.56 Å². The molecule has 2 N–H and O–H groups in total. The monoisotopic (exact) mass is 590 g/mol. The van der Waals surface area contributed by atoms with E-state index in [9.17, 15) is 23.5 Å². The van der Waals surface area contributed by atoms with Gasteiger partial charge in [-0.2, -0.15) is 0 Å². The molecule has 1 aliphatic rings. The normalized spacial score (nSPS) is 15.6. The quantitative estimate of drug-likeness (QED) is 0.307. The number of nitrogens with one attached hydrogen (secondary N) is 1. The molecule has 0 bridgehead atoms. The summed E-state index contributed by atoms with van der Waals surface area (Å²) < 4.78 is 29.6. The summed E-state index contributed by atoms with van der Waals surface area (Å²) in [6.07, 6.45) is 2.17. The van der Waals surface area contributed by atoms with Crippen LogP contribution in [0.4, 0.5) is 20.3 Å². The van der Waals surface area contributed by atoms with E-state index in [0.717, 1.165) is 16.8 Å². The number of anilines is 2. The molecule has 5 rings (SSSR count). The average Bonchev–Trinajstić information content (AvgIpc) is 3.17. The minimum atomic E-state index is -1.30. The molecule has 5 heterocycles. The Bertz CT molecular complexity index is 1650. The number of rotatable bonds is 5. The predicted octanol–water partition coefficient (Wildman–Crippen LogP) is 5.13. The Hall–Kier alpha value is -3.64. The molecule has 0 aliphatic carbocycles. The fourth-order valence-electron chi connectivity index (χ4n) is 4.45. The molecule has 4 aromatic rings. The standard InChI is InChI=1S/C24H18BrClF2N6O3/c1-10(30-16-3-4-17(26)31-20(16)24(36)37)15-6-14(28)9-34-21(15)32-22(18(25)23(34)35)33-8-12-5-13(27)7-29-19(12)11(33)2/h3-7,9-11,30H,8H2,1-2H3,(H,36,37)/t10-,11-/m1/s1. The van der Waals surface area contributed by atoms with Crippen molar-refractivity contribution < 1.29 is 18.7 Å². The van der Waals surface area contributed by atoms with Crippen LogP contribution in [0.15, 0.2) is 45.9 Å². The Morgan fingerprint density at radius 2 is 2.03 bits per heavy atom. The van der Waals surface area contributed by atoms with Crippen LogP contribution in [0.2, 0.25) is 5.15 Å². The molecule has 0 unspecified atom stereocenters. The number of carbonyl (C=O) groups is 1. The van der Waals surface area contributed by atoms with Crippen molar-refractivity contribution in [1.82, 2.24) is 19.4 Å². The number of nitrogens with zero attached hydrogens (tertiary/aromatic N) is 5. The largest absolute Gasteiger partial charge is 0.476 e. The fraction of sp³-hybridized carbons (Fsp3) is 0.208. The van der Waals surface area contributed by atoms with Gasteiger partial charge in [0.1, 0.15) is 26.9 Å². The lowest BCUT2D eigenvalue weighted by molar-refractivity contribution is 0.0691. The zero-order chi connectivity index (χ0) is 26.6. The van der Waals surface area contributed by atoms with Gasteiger partial charge in [0.2, 0.25) is 0 Å². The Balaban J connectivity index is 1.62. The highest BCUT2D eigenvalue weighted by Gasteiger charge is 2.32. The molecule has 13 heteroatoms. The molecule has 190 valence electrons. The van der Waals surface area contributed by atoms with Gasteiger partial charge in [-0.05, 0) is 59.6 Å². The molecule has 9 nitrogen and oxygen atoms in total. The van der Waals surface area contributed by atoms with Crippen molar-refractivity contribution in [3.63, 3.8) is 0 Å². The SMILES string of the molecule is C[C@@H]1c2ncc(F)cc2CN1c1nc2c([C@@H](C)Nc3ccc(Cl)nc3C(=O)O)cc(F)cn2c(=O)c1Br. The molecule has 0 fully saturated rings. The summed E-state index contributed by atoms with van der Waals surface area (Å²) in [5.74, 6) is -2.16. The molecule has 0 saturated carbocycles. The first-order chi connectivity index (χ1) is 17.5. The highest BCUT2D eigenvalue weighted by molar-refractivity contribution is 9.10. The number of aromatic nitrogens is 4. The Morgan fingerprint density at radius 1 is 1.27 bits per heavy atom. The molecule has 0 aromatic carbocycles. The van der Waals surface area contributed by atoms with Crippen molar-refractivity contribution in [3.8, 4) is 0 Å². The third-order valence-corrected chi connectivity index (χ3v) is 7.10. The third kappa shape index (κ3) is 4.40.